The van der Waals surface area contributed by atoms with Gasteiger partial charge in [0.2, 0.25) is 17.7 Å². The average Bonchev–Trinajstić information content (AvgIpc) is 3.91. The maximum absolute atomic E-state index is 15.3. The lowest BCUT2D eigenvalue weighted by molar-refractivity contribution is -0.164. The third-order valence-electron chi connectivity index (χ3n) is 13.2. The molecule has 2 aliphatic rings. The second-order valence-electron chi connectivity index (χ2n) is 20.4. The number of ether oxygens (including phenoxy) is 2. The minimum absolute atomic E-state index is 0.0324. The topological polar surface area (TPSA) is 195 Å². The molecule has 4 amide bonds. The Morgan fingerprint density at radius 1 is 1.01 bits per heavy atom. The fourth-order valence-electron chi connectivity index (χ4n) is 9.74. The van der Waals surface area contributed by atoms with E-state index in [9.17, 15) is 29.5 Å². The van der Waals surface area contributed by atoms with Crippen LogP contribution in [0.25, 0.3) is 10.4 Å². The number of carbonyl (C=O) groups excluding carboxylic acids is 4. The number of nitriles is 1. The van der Waals surface area contributed by atoms with E-state index >= 15 is 4.39 Å². The average molecular weight is 987 g/mol. The number of aromatic nitrogens is 1. The molecule has 14 nitrogen and oxygen atoms in total. The van der Waals surface area contributed by atoms with E-state index in [0.29, 0.717) is 41.6 Å². The van der Waals surface area contributed by atoms with Crippen molar-refractivity contribution in [1.29, 1.82) is 5.26 Å². The number of thiazole rings is 1. The zero-order valence-electron chi connectivity index (χ0n) is 40.9. The van der Waals surface area contributed by atoms with Crippen molar-refractivity contribution in [3.63, 3.8) is 0 Å². The molecule has 5 N–H and O–H groups in total. The van der Waals surface area contributed by atoms with E-state index in [-0.39, 0.29) is 49.2 Å². The maximum Gasteiger partial charge on any atom is 0.254 e. The van der Waals surface area contributed by atoms with E-state index < -0.39 is 58.0 Å². The molecule has 2 fully saturated rings. The van der Waals surface area contributed by atoms with Crippen molar-refractivity contribution in [3.8, 4) is 22.3 Å². The molecule has 0 bridgehead atoms. The molecular formula is C52H65ClFN7O7S. The number of unbranched alkanes of at least 4 members (excludes halogenated alkanes) is 2. The molecule has 6 rings (SSSR count). The van der Waals surface area contributed by atoms with Crippen molar-refractivity contribution in [2.75, 3.05) is 31.6 Å². The van der Waals surface area contributed by atoms with Crippen LogP contribution in [-0.4, -0.2) is 95.3 Å². The fraction of sp³-hybridized carbons (Fsp3) is 0.500. The first kappa shape index (κ1) is 52.8. The number of aliphatic hydroxyl groups is 1. The minimum atomic E-state index is -0.980. The van der Waals surface area contributed by atoms with Gasteiger partial charge >= 0.3 is 0 Å². The molecule has 2 heterocycles. The van der Waals surface area contributed by atoms with Crippen LogP contribution < -0.4 is 26.0 Å². The number of nitrogens with zero attached hydrogens (tertiary/aromatic N) is 3. The Hall–Kier alpha value is -5.60. The second-order valence-corrected chi connectivity index (χ2v) is 21.7. The molecule has 1 aliphatic heterocycles. The summed E-state index contributed by atoms with van der Waals surface area (Å²) in [7, 11) is 0. The standard InChI is InChI=1S/C52H65ClFN7O7S/c1-30(32-13-15-33(16-14-32)43-31(2)57-29-69-43)58-46(65)41-24-36(62)27-61(41)47(66)44(50(3,4)5)59-42(63)28-67-22-12-10-11-21-56-35-18-20-38(40(54)23-35)45(64)60-48-51(6,7)49(52(48,8)9)68-37-19-17-34(26-55)39(53)25-37/h13-20,23,25,29-30,36,41,44,48-49,56,62H,10-12,21-22,24,27-28H2,1-9H3,(H,58,65)(H,59,63)(H,60,64)/t30-,36+,41-,44+,48-,49-/m0/s1. The van der Waals surface area contributed by atoms with E-state index in [1.807, 2.05) is 98.2 Å². The van der Waals surface area contributed by atoms with Crippen LogP contribution in [0, 0.1) is 40.3 Å². The fourth-order valence-corrected chi connectivity index (χ4v) is 10.8. The van der Waals surface area contributed by atoms with E-state index in [1.165, 1.54) is 17.0 Å². The molecule has 69 heavy (non-hydrogen) atoms. The first-order valence-electron chi connectivity index (χ1n) is 23.4. The minimum Gasteiger partial charge on any atom is -0.489 e. The number of anilines is 1. The number of hydrogen-bond acceptors (Lipinski definition) is 11. The highest BCUT2D eigenvalue weighted by Gasteiger charge is 2.64. The van der Waals surface area contributed by atoms with Gasteiger partial charge in [-0.2, -0.15) is 5.26 Å². The second kappa shape index (κ2) is 22.0. The predicted molar refractivity (Wildman–Crippen MR) is 265 cm³/mol. The molecule has 17 heteroatoms. The number of carbonyl (C=O) groups is 4. The molecule has 1 saturated heterocycles. The van der Waals surface area contributed by atoms with E-state index in [0.717, 1.165) is 34.5 Å². The molecule has 1 aromatic heterocycles. The molecule has 4 aromatic rings. The van der Waals surface area contributed by atoms with Crippen molar-refractivity contribution < 1.29 is 38.1 Å². The lowest BCUT2D eigenvalue weighted by Gasteiger charge is -2.63. The summed E-state index contributed by atoms with van der Waals surface area (Å²) in [6.45, 7) is 17.8. The van der Waals surface area contributed by atoms with E-state index in [2.05, 4.69) is 26.3 Å². The van der Waals surface area contributed by atoms with Gasteiger partial charge in [0.05, 0.1) is 44.4 Å². The number of aliphatic hydroxyl groups excluding tert-OH is 1. The molecule has 1 saturated carbocycles. The zero-order chi connectivity index (χ0) is 50.4. The molecule has 0 spiro atoms. The Morgan fingerprint density at radius 2 is 1.72 bits per heavy atom. The van der Waals surface area contributed by atoms with Crippen molar-refractivity contribution in [3.05, 3.63) is 99.4 Å². The lowest BCUT2D eigenvalue weighted by atomic mass is 9.49. The summed E-state index contributed by atoms with van der Waals surface area (Å²) in [5, 5.41) is 32.2. The maximum atomic E-state index is 15.3. The van der Waals surface area contributed by atoms with Crippen LogP contribution in [0.15, 0.2) is 66.2 Å². The normalized spacial score (nSPS) is 20.2. The van der Waals surface area contributed by atoms with Gasteiger partial charge in [-0.1, -0.05) is 84.3 Å². The number of hydrogen-bond donors (Lipinski definition) is 5. The Kier molecular flexibility index (Phi) is 16.8. The van der Waals surface area contributed by atoms with Gasteiger partial charge in [0.1, 0.15) is 42.4 Å². The lowest BCUT2D eigenvalue weighted by Crippen LogP contribution is -2.74. The van der Waals surface area contributed by atoms with Gasteiger partial charge in [-0.3, -0.25) is 19.2 Å². The Morgan fingerprint density at radius 3 is 2.35 bits per heavy atom. The Balaban J connectivity index is 0.901. The quantitative estimate of drug-likeness (QED) is 0.0570. The van der Waals surface area contributed by atoms with Crippen LogP contribution in [-0.2, 0) is 19.1 Å². The summed E-state index contributed by atoms with van der Waals surface area (Å²) in [4.78, 5) is 60.9. The summed E-state index contributed by atoms with van der Waals surface area (Å²) < 4.78 is 27.3. The van der Waals surface area contributed by atoms with Gasteiger partial charge < -0.3 is 40.7 Å². The first-order valence-corrected chi connectivity index (χ1v) is 24.7. The van der Waals surface area contributed by atoms with Crippen molar-refractivity contribution in [1.82, 2.24) is 25.8 Å². The molecule has 3 aromatic carbocycles. The Bertz CT molecular complexity index is 2520. The number of rotatable bonds is 19. The highest BCUT2D eigenvalue weighted by molar-refractivity contribution is 7.13. The summed E-state index contributed by atoms with van der Waals surface area (Å²) in [6, 6.07) is 16.7. The van der Waals surface area contributed by atoms with Crippen LogP contribution in [0.1, 0.15) is 114 Å². The first-order chi connectivity index (χ1) is 32.5. The van der Waals surface area contributed by atoms with Crippen LogP contribution in [0.4, 0.5) is 10.1 Å². The van der Waals surface area contributed by atoms with Crippen molar-refractivity contribution in [2.45, 2.75) is 124 Å². The number of nitrogens with one attached hydrogen (secondary N) is 4. The van der Waals surface area contributed by atoms with Crippen LogP contribution >= 0.6 is 22.9 Å². The SMILES string of the molecule is Cc1ncsc1-c1ccc([C@H](C)NC(=O)[C@@H]2C[C@@H](O)CN2C(=O)[C@@H](NC(=O)COCCCCCNc2ccc(C(=O)N[C@H]3C(C)(C)[C@H](Oc4ccc(C#N)c(Cl)c4)C3(C)C)c(F)c2)C(C)(C)C)cc1. The summed E-state index contributed by atoms with van der Waals surface area (Å²) >= 11 is 7.78. The number of β-amino-alcohol motifs (C(OH)–C–C–N with tert-alkyl or cyclic N) is 1. The van der Waals surface area contributed by atoms with Gasteiger partial charge in [-0.25, -0.2) is 9.37 Å². The molecule has 370 valence electrons. The number of halogens is 2. The Labute approximate surface area is 413 Å². The molecule has 0 unspecified atom stereocenters. The van der Waals surface area contributed by atoms with Crippen molar-refractivity contribution in [2.24, 2.45) is 16.2 Å². The van der Waals surface area contributed by atoms with E-state index in [4.69, 9.17) is 21.1 Å². The van der Waals surface area contributed by atoms with Crippen molar-refractivity contribution >= 4 is 52.3 Å². The number of aryl methyl sites for hydroxylation is 1. The number of benzene rings is 3. The zero-order valence-corrected chi connectivity index (χ0v) is 42.4. The predicted octanol–water partition coefficient (Wildman–Crippen LogP) is 8.36. The number of likely N-dealkylation sites (tertiary alicyclic amines) is 1. The van der Waals surface area contributed by atoms with Gasteiger partial charge in [0, 0.05) is 54.7 Å². The molecule has 1 aliphatic carbocycles. The van der Waals surface area contributed by atoms with Crippen LogP contribution in [0.5, 0.6) is 5.75 Å². The van der Waals surface area contributed by atoms with Gasteiger partial charge in [-0.05, 0) is 80.0 Å². The highest BCUT2D eigenvalue weighted by Crippen LogP contribution is 2.55. The summed E-state index contributed by atoms with van der Waals surface area (Å²) in [6.07, 6.45) is 1.03. The van der Waals surface area contributed by atoms with Gasteiger partial charge in [0.25, 0.3) is 5.91 Å². The molecule has 0 radical (unpaired) electrons. The van der Waals surface area contributed by atoms with Crippen LogP contribution in [0.3, 0.4) is 0 Å². The van der Waals surface area contributed by atoms with Gasteiger partial charge in [0.15, 0.2) is 0 Å². The largest absolute Gasteiger partial charge is 0.489 e. The highest BCUT2D eigenvalue weighted by atomic mass is 35.5. The van der Waals surface area contributed by atoms with E-state index in [1.54, 1.807) is 35.6 Å². The monoisotopic (exact) mass is 985 g/mol. The molecular weight excluding hydrogens is 921 g/mol. The third kappa shape index (κ3) is 12.4. The summed E-state index contributed by atoms with van der Waals surface area (Å²) in [5.74, 6) is -1.96. The third-order valence-corrected chi connectivity index (χ3v) is 14.5. The smallest absolute Gasteiger partial charge is 0.254 e. The van der Waals surface area contributed by atoms with Crippen LogP contribution in [0.2, 0.25) is 5.02 Å². The summed E-state index contributed by atoms with van der Waals surface area (Å²) in [5.41, 5.74) is 3.78. The molecule has 4 atom stereocenters. The number of amides is 4. The van der Waals surface area contributed by atoms with Gasteiger partial charge in [-0.15, -0.1) is 11.3 Å².